The second kappa shape index (κ2) is 4.35. The molecule has 5 heteroatoms. The fraction of sp³-hybridized carbons (Fsp3) is 0.600. The topological polar surface area (TPSA) is 41.1 Å². The first-order chi connectivity index (χ1) is 7.24. The minimum Gasteiger partial charge on any atom is -0.372 e. The Balaban J connectivity index is 2.35. The summed E-state index contributed by atoms with van der Waals surface area (Å²) < 4.78 is 0.959. The van der Waals surface area contributed by atoms with E-state index in [-0.39, 0.29) is 0 Å². The smallest absolute Gasteiger partial charge is 0.148 e. The van der Waals surface area contributed by atoms with E-state index >= 15 is 0 Å². The van der Waals surface area contributed by atoms with Gasteiger partial charge in [-0.1, -0.05) is 0 Å². The highest BCUT2D eigenvalue weighted by Crippen LogP contribution is 2.33. The van der Waals surface area contributed by atoms with Crippen LogP contribution in [0.4, 0.5) is 11.6 Å². The van der Waals surface area contributed by atoms with Gasteiger partial charge in [0.1, 0.15) is 22.4 Å². The maximum atomic E-state index is 4.35. The van der Waals surface area contributed by atoms with Crippen molar-refractivity contribution in [1.29, 1.82) is 0 Å². The highest BCUT2D eigenvalue weighted by atomic mass is 79.9. The van der Waals surface area contributed by atoms with Crippen LogP contribution in [0.3, 0.4) is 0 Å². The van der Waals surface area contributed by atoms with Crippen molar-refractivity contribution in [3.05, 3.63) is 10.8 Å². The fourth-order valence-electron chi connectivity index (χ4n) is 1.98. The van der Waals surface area contributed by atoms with Crippen LogP contribution in [0.5, 0.6) is 0 Å². The molecule has 82 valence electrons. The molecule has 0 radical (unpaired) electrons. The molecule has 1 aliphatic heterocycles. The summed E-state index contributed by atoms with van der Waals surface area (Å²) in [5.74, 6) is 1.85. The van der Waals surface area contributed by atoms with E-state index < -0.39 is 0 Å². The van der Waals surface area contributed by atoms with Crippen molar-refractivity contribution in [1.82, 2.24) is 9.97 Å². The first-order valence-electron chi connectivity index (χ1n) is 5.19. The van der Waals surface area contributed by atoms with Crippen molar-refractivity contribution in [3.8, 4) is 0 Å². The predicted octanol–water partition coefficient (Wildman–Crippen LogP) is 2.27. The third-order valence-corrected chi connectivity index (χ3v) is 3.56. The quantitative estimate of drug-likeness (QED) is 0.895. The molecule has 0 aliphatic carbocycles. The first-order valence-corrected chi connectivity index (χ1v) is 5.98. The van der Waals surface area contributed by atoms with Crippen molar-refractivity contribution in [3.63, 3.8) is 0 Å². The lowest BCUT2D eigenvalue weighted by Gasteiger charge is -2.23. The van der Waals surface area contributed by atoms with Gasteiger partial charge in [0.05, 0.1) is 0 Å². The summed E-state index contributed by atoms with van der Waals surface area (Å²) in [6.07, 6.45) is 4.09. The van der Waals surface area contributed by atoms with Crippen molar-refractivity contribution in [2.75, 3.05) is 23.8 Å². The summed E-state index contributed by atoms with van der Waals surface area (Å²) >= 11 is 3.55. The molecule has 1 N–H and O–H groups in total. The third-order valence-electron chi connectivity index (χ3n) is 2.83. The summed E-state index contributed by atoms with van der Waals surface area (Å²) in [5.41, 5.74) is 0. The van der Waals surface area contributed by atoms with E-state index in [1.54, 1.807) is 6.33 Å². The summed E-state index contributed by atoms with van der Waals surface area (Å²) in [7, 11) is 1.87. The minimum absolute atomic E-state index is 0.570. The Morgan fingerprint density at radius 3 is 2.93 bits per heavy atom. The Hall–Kier alpha value is -0.840. The number of aromatic nitrogens is 2. The summed E-state index contributed by atoms with van der Waals surface area (Å²) in [5, 5.41) is 3.05. The lowest BCUT2D eigenvalue weighted by Crippen LogP contribution is -2.27. The van der Waals surface area contributed by atoms with Gasteiger partial charge in [-0.2, -0.15) is 0 Å². The average Bonchev–Trinajstić information content (AvgIpc) is 2.65. The van der Waals surface area contributed by atoms with E-state index in [0.29, 0.717) is 6.04 Å². The fourth-order valence-corrected chi connectivity index (χ4v) is 2.61. The summed E-state index contributed by atoms with van der Waals surface area (Å²) in [6, 6.07) is 0.570. The molecule has 1 aromatic rings. The molecule has 1 aliphatic rings. The summed E-state index contributed by atoms with van der Waals surface area (Å²) in [6.45, 7) is 3.32. The van der Waals surface area contributed by atoms with Crippen LogP contribution in [0.1, 0.15) is 19.8 Å². The largest absolute Gasteiger partial charge is 0.372 e. The standard InChI is InChI=1S/C10H15BrN4/c1-7-4-3-5-15(7)10-8(11)9(12-2)13-6-14-10/h6-7H,3-5H2,1-2H3,(H,12,13,14). The maximum Gasteiger partial charge on any atom is 0.148 e. The zero-order valence-electron chi connectivity index (χ0n) is 9.00. The molecule has 1 saturated heterocycles. The minimum atomic E-state index is 0.570. The second-order valence-corrected chi connectivity index (χ2v) is 4.59. The van der Waals surface area contributed by atoms with E-state index in [1.807, 2.05) is 7.05 Å². The molecule has 0 saturated carbocycles. The van der Waals surface area contributed by atoms with Gasteiger partial charge in [-0.05, 0) is 35.7 Å². The molecule has 0 spiro atoms. The van der Waals surface area contributed by atoms with Crippen molar-refractivity contribution in [2.45, 2.75) is 25.8 Å². The molecule has 1 aromatic heterocycles. The number of nitrogens with zero attached hydrogens (tertiary/aromatic N) is 3. The maximum absolute atomic E-state index is 4.35. The van der Waals surface area contributed by atoms with Gasteiger partial charge in [0.2, 0.25) is 0 Å². The Morgan fingerprint density at radius 2 is 2.33 bits per heavy atom. The van der Waals surface area contributed by atoms with Gasteiger partial charge in [0.15, 0.2) is 0 Å². The molecule has 1 atom stereocenters. The Bertz CT molecular complexity index is 355. The molecule has 2 heterocycles. The third kappa shape index (κ3) is 1.93. The molecule has 15 heavy (non-hydrogen) atoms. The molecular weight excluding hydrogens is 256 g/mol. The van der Waals surface area contributed by atoms with Gasteiger partial charge in [-0.15, -0.1) is 0 Å². The van der Waals surface area contributed by atoms with Crippen LogP contribution in [0.25, 0.3) is 0 Å². The van der Waals surface area contributed by atoms with Gasteiger partial charge in [0, 0.05) is 19.6 Å². The highest BCUT2D eigenvalue weighted by Gasteiger charge is 2.24. The van der Waals surface area contributed by atoms with Crippen LogP contribution in [0.15, 0.2) is 10.8 Å². The monoisotopic (exact) mass is 270 g/mol. The van der Waals surface area contributed by atoms with Crippen LogP contribution in [0, 0.1) is 0 Å². The predicted molar refractivity (Wildman–Crippen MR) is 65.3 cm³/mol. The van der Waals surface area contributed by atoms with Crippen LogP contribution in [0.2, 0.25) is 0 Å². The van der Waals surface area contributed by atoms with Gasteiger partial charge in [-0.25, -0.2) is 9.97 Å². The van der Waals surface area contributed by atoms with E-state index in [1.165, 1.54) is 12.8 Å². The number of hydrogen-bond donors (Lipinski definition) is 1. The molecule has 4 nitrogen and oxygen atoms in total. The van der Waals surface area contributed by atoms with Gasteiger partial charge in [0.25, 0.3) is 0 Å². The molecule has 2 rings (SSSR count). The second-order valence-electron chi connectivity index (χ2n) is 3.79. The zero-order valence-corrected chi connectivity index (χ0v) is 10.6. The highest BCUT2D eigenvalue weighted by molar-refractivity contribution is 9.10. The zero-order chi connectivity index (χ0) is 10.8. The molecular formula is C10H15BrN4. The SMILES string of the molecule is CNc1ncnc(N2CCCC2C)c1Br. The summed E-state index contributed by atoms with van der Waals surface area (Å²) in [4.78, 5) is 10.8. The van der Waals surface area contributed by atoms with E-state index in [4.69, 9.17) is 0 Å². The number of rotatable bonds is 2. The molecule has 1 fully saturated rings. The Kier molecular flexibility index (Phi) is 3.09. The molecule has 0 aromatic carbocycles. The van der Waals surface area contributed by atoms with E-state index in [0.717, 1.165) is 22.7 Å². The van der Waals surface area contributed by atoms with Crippen molar-refractivity contribution in [2.24, 2.45) is 0 Å². The number of hydrogen-bond acceptors (Lipinski definition) is 4. The van der Waals surface area contributed by atoms with E-state index in [9.17, 15) is 0 Å². The Labute approximate surface area is 98.2 Å². The Morgan fingerprint density at radius 1 is 1.53 bits per heavy atom. The number of anilines is 2. The molecule has 0 amide bonds. The van der Waals surface area contributed by atoms with Crippen LogP contribution >= 0.6 is 15.9 Å². The van der Waals surface area contributed by atoms with Gasteiger partial charge >= 0.3 is 0 Å². The number of halogens is 1. The van der Waals surface area contributed by atoms with Gasteiger partial charge < -0.3 is 10.2 Å². The average molecular weight is 271 g/mol. The van der Waals surface area contributed by atoms with Crippen LogP contribution < -0.4 is 10.2 Å². The normalized spacial score (nSPS) is 20.7. The lowest BCUT2D eigenvalue weighted by molar-refractivity contribution is 0.724. The lowest BCUT2D eigenvalue weighted by atomic mass is 10.2. The van der Waals surface area contributed by atoms with Crippen LogP contribution in [-0.2, 0) is 0 Å². The molecule has 1 unspecified atom stereocenters. The first kappa shape index (κ1) is 10.7. The van der Waals surface area contributed by atoms with E-state index in [2.05, 4.69) is 43.0 Å². The van der Waals surface area contributed by atoms with Crippen molar-refractivity contribution >= 4 is 27.6 Å². The van der Waals surface area contributed by atoms with Crippen molar-refractivity contribution < 1.29 is 0 Å². The number of nitrogens with one attached hydrogen (secondary N) is 1. The molecule has 0 bridgehead atoms. The van der Waals surface area contributed by atoms with Gasteiger partial charge in [-0.3, -0.25) is 0 Å². The van der Waals surface area contributed by atoms with Crippen LogP contribution in [-0.4, -0.2) is 29.6 Å².